The Morgan fingerprint density at radius 3 is 3.00 bits per heavy atom. The fourth-order valence-electron chi connectivity index (χ4n) is 1.16. The number of aryl methyl sites for hydroxylation is 1. The van der Waals surface area contributed by atoms with Gasteiger partial charge >= 0.3 is 0 Å². The number of amides is 1. The fraction of sp³-hybridized carbons (Fsp3) is 0.545. The normalized spacial score (nSPS) is 12.4. The zero-order valence-electron chi connectivity index (χ0n) is 9.20. The lowest BCUT2D eigenvalue weighted by Crippen LogP contribution is -2.29. The van der Waals surface area contributed by atoms with Crippen LogP contribution in [0.3, 0.4) is 0 Å². The van der Waals surface area contributed by atoms with Crippen LogP contribution in [0.15, 0.2) is 15.9 Å². The summed E-state index contributed by atoms with van der Waals surface area (Å²) < 4.78 is 1.07. The Morgan fingerprint density at radius 1 is 1.69 bits per heavy atom. The number of rotatable bonds is 6. The molecule has 1 unspecified atom stereocenters. The topological polar surface area (TPSA) is 49.3 Å². The summed E-state index contributed by atoms with van der Waals surface area (Å²) in [6.45, 7) is 2.55. The standard InChI is InChI=1S/C11H16BrNO2S/c1-8(6-14)5-13-11(15)3-2-10-4-9(12)7-16-10/h4,7-8,14H,2-3,5-6H2,1H3,(H,13,15). The van der Waals surface area contributed by atoms with Crippen LogP contribution in [-0.2, 0) is 11.2 Å². The van der Waals surface area contributed by atoms with Gasteiger partial charge in [0.25, 0.3) is 0 Å². The van der Waals surface area contributed by atoms with Crippen LogP contribution >= 0.6 is 27.3 Å². The third-order valence-corrected chi connectivity index (χ3v) is 3.94. The molecule has 2 N–H and O–H groups in total. The molecule has 90 valence electrons. The van der Waals surface area contributed by atoms with Crippen LogP contribution in [-0.4, -0.2) is 24.2 Å². The summed E-state index contributed by atoms with van der Waals surface area (Å²) in [5.41, 5.74) is 0. The molecule has 0 aromatic carbocycles. The summed E-state index contributed by atoms with van der Waals surface area (Å²) in [6.07, 6.45) is 1.28. The van der Waals surface area contributed by atoms with Gasteiger partial charge in [0.05, 0.1) is 0 Å². The third-order valence-electron chi connectivity index (χ3n) is 2.18. The van der Waals surface area contributed by atoms with Crippen LogP contribution in [0.4, 0.5) is 0 Å². The quantitative estimate of drug-likeness (QED) is 0.846. The first-order valence-electron chi connectivity index (χ1n) is 5.22. The number of hydrogen-bond acceptors (Lipinski definition) is 3. The highest BCUT2D eigenvalue weighted by atomic mass is 79.9. The van der Waals surface area contributed by atoms with E-state index >= 15 is 0 Å². The maximum atomic E-state index is 11.4. The molecular weight excluding hydrogens is 290 g/mol. The van der Waals surface area contributed by atoms with Crippen molar-refractivity contribution >= 4 is 33.2 Å². The fourth-order valence-corrected chi connectivity index (χ4v) is 2.62. The number of carbonyl (C=O) groups is 1. The molecule has 1 aromatic rings. The second-order valence-corrected chi connectivity index (χ2v) is 5.73. The Morgan fingerprint density at radius 2 is 2.44 bits per heavy atom. The minimum Gasteiger partial charge on any atom is -0.396 e. The van der Waals surface area contributed by atoms with E-state index in [2.05, 4.69) is 21.2 Å². The maximum absolute atomic E-state index is 11.4. The van der Waals surface area contributed by atoms with Gasteiger partial charge in [0.15, 0.2) is 0 Å². The molecular formula is C11H16BrNO2S. The molecule has 16 heavy (non-hydrogen) atoms. The number of aliphatic hydroxyl groups excluding tert-OH is 1. The van der Waals surface area contributed by atoms with Gasteiger partial charge in [-0.05, 0) is 34.3 Å². The SMILES string of the molecule is CC(CO)CNC(=O)CCc1cc(Br)cs1. The van der Waals surface area contributed by atoms with Crippen LogP contribution in [0.25, 0.3) is 0 Å². The zero-order valence-corrected chi connectivity index (χ0v) is 11.6. The molecule has 0 radical (unpaired) electrons. The van der Waals surface area contributed by atoms with Crippen molar-refractivity contribution in [1.82, 2.24) is 5.32 Å². The molecule has 1 amide bonds. The molecule has 5 heteroatoms. The minimum atomic E-state index is 0.0461. The van der Waals surface area contributed by atoms with Crippen molar-refractivity contribution < 1.29 is 9.90 Å². The van der Waals surface area contributed by atoms with Crippen LogP contribution in [0.1, 0.15) is 18.2 Å². The Bertz CT molecular complexity index is 340. The van der Waals surface area contributed by atoms with Crippen LogP contribution in [0, 0.1) is 5.92 Å². The molecule has 1 rings (SSSR count). The van der Waals surface area contributed by atoms with Gasteiger partial charge in [0.1, 0.15) is 0 Å². The molecule has 1 atom stereocenters. The van der Waals surface area contributed by atoms with Crippen LogP contribution < -0.4 is 5.32 Å². The van der Waals surface area contributed by atoms with Gasteiger partial charge in [-0.1, -0.05) is 6.92 Å². The molecule has 1 aromatic heterocycles. The zero-order chi connectivity index (χ0) is 12.0. The molecule has 0 fully saturated rings. The van der Waals surface area contributed by atoms with Crippen molar-refractivity contribution in [2.75, 3.05) is 13.2 Å². The molecule has 3 nitrogen and oxygen atoms in total. The van der Waals surface area contributed by atoms with Crippen molar-refractivity contribution in [3.63, 3.8) is 0 Å². The van der Waals surface area contributed by atoms with Gasteiger partial charge < -0.3 is 10.4 Å². The number of aliphatic hydroxyl groups is 1. The Balaban J connectivity index is 2.20. The lowest BCUT2D eigenvalue weighted by atomic mass is 10.2. The van der Waals surface area contributed by atoms with Crippen molar-refractivity contribution in [2.24, 2.45) is 5.92 Å². The predicted molar refractivity (Wildman–Crippen MR) is 69.6 cm³/mol. The van der Waals surface area contributed by atoms with E-state index in [0.717, 1.165) is 10.9 Å². The summed E-state index contributed by atoms with van der Waals surface area (Å²) >= 11 is 5.03. The van der Waals surface area contributed by atoms with Gasteiger partial charge in [-0.15, -0.1) is 11.3 Å². The van der Waals surface area contributed by atoms with E-state index in [0.29, 0.717) is 13.0 Å². The highest BCUT2D eigenvalue weighted by molar-refractivity contribution is 9.10. The first-order chi connectivity index (χ1) is 7.61. The van der Waals surface area contributed by atoms with E-state index in [9.17, 15) is 4.79 Å². The predicted octanol–water partition coefficient (Wildman–Crippen LogP) is 2.19. The third kappa shape index (κ3) is 5.09. The van der Waals surface area contributed by atoms with Crippen LogP contribution in [0.5, 0.6) is 0 Å². The van der Waals surface area contributed by atoms with Gasteiger partial charge in [-0.3, -0.25) is 4.79 Å². The van der Waals surface area contributed by atoms with Gasteiger partial charge in [-0.25, -0.2) is 0 Å². The lowest BCUT2D eigenvalue weighted by molar-refractivity contribution is -0.121. The van der Waals surface area contributed by atoms with Gasteiger partial charge in [0, 0.05) is 34.3 Å². The average Bonchev–Trinajstić information content (AvgIpc) is 2.69. The minimum absolute atomic E-state index is 0.0461. The van der Waals surface area contributed by atoms with Gasteiger partial charge in [0.2, 0.25) is 5.91 Å². The maximum Gasteiger partial charge on any atom is 0.220 e. The Kier molecular flexibility index (Phi) is 6.01. The summed E-state index contributed by atoms with van der Waals surface area (Å²) in [4.78, 5) is 12.6. The molecule has 0 bridgehead atoms. The summed E-state index contributed by atoms with van der Waals surface area (Å²) in [7, 11) is 0. The number of hydrogen-bond donors (Lipinski definition) is 2. The van der Waals surface area contributed by atoms with Crippen molar-refractivity contribution in [1.29, 1.82) is 0 Å². The largest absolute Gasteiger partial charge is 0.396 e. The molecule has 0 saturated carbocycles. The Labute approximate surface area is 108 Å². The molecule has 0 aliphatic carbocycles. The van der Waals surface area contributed by atoms with E-state index in [-0.39, 0.29) is 18.4 Å². The summed E-state index contributed by atoms with van der Waals surface area (Å²) in [5, 5.41) is 13.6. The second kappa shape index (κ2) is 7.04. The molecule has 0 aliphatic heterocycles. The summed E-state index contributed by atoms with van der Waals surface area (Å²) in [5.74, 6) is 0.171. The highest BCUT2D eigenvalue weighted by Gasteiger charge is 2.06. The van der Waals surface area contributed by atoms with Crippen molar-refractivity contribution in [3.05, 3.63) is 20.8 Å². The van der Waals surface area contributed by atoms with E-state index in [1.165, 1.54) is 4.88 Å². The molecule has 0 saturated heterocycles. The first kappa shape index (κ1) is 13.7. The number of nitrogens with one attached hydrogen (secondary N) is 1. The Hall–Kier alpha value is -0.390. The van der Waals surface area contributed by atoms with Crippen molar-refractivity contribution in [3.8, 4) is 0 Å². The highest BCUT2D eigenvalue weighted by Crippen LogP contribution is 2.20. The average molecular weight is 306 g/mol. The van der Waals surface area contributed by atoms with E-state index in [4.69, 9.17) is 5.11 Å². The van der Waals surface area contributed by atoms with Crippen LogP contribution in [0.2, 0.25) is 0 Å². The van der Waals surface area contributed by atoms with E-state index in [1.807, 2.05) is 18.4 Å². The van der Waals surface area contributed by atoms with E-state index < -0.39 is 0 Å². The second-order valence-electron chi connectivity index (χ2n) is 3.82. The number of carbonyl (C=O) groups excluding carboxylic acids is 1. The molecule has 0 spiro atoms. The first-order valence-corrected chi connectivity index (χ1v) is 6.89. The smallest absolute Gasteiger partial charge is 0.220 e. The lowest BCUT2D eigenvalue weighted by Gasteiger charge is -2.08. The van der Waals surface area contributed by atoms with Gasteiger partial charge in [-0.2, -0.15) is 0 Å². The number of thiophene rings is 1. The molecule has 1 heterocycles. The van der Waals surface area contributed by atoms with Crippen molar-refractivity contribution in [2.45, 2.75) is 19.8 Å². The number of halogens is 1. The molecule has 0 aliphatic rings. The van der Waals surface area contributed by atoms with E-state index in [1.54, 1.807) is 11.3 Å². The monoisotopic (exact) mass is 305 g/mol. The summed E-state index contributed by atoms with van der Waals surface area (Å²) in [6, 6.07) is 2.04.